The van der Waals surface area contributed by atoms with E-state index in [4.69, 9.17) is 10.8 Å². The molecular formula is C26H40N4O7. The Labute approximate surface area is 217 Å². The lowest BCUT2D eigenvalue weighted by Gasteiger charge is -2.27. The Morgan fingerprint density at radius 1 is 0.811 bits per heavy atom. The summed E-state index contributed by atoms with van der Waals surface area (Å²) >= 11 is 0. The second-order valence-corrected chi connectivity index (χ2v) is 9.37. The van der Waals surface area contributed by atoms with Crippen molar-refractivity contribution in [3.8, 4) is 0 Å². The number of nitrogens with two attached hydrogens (primary N) is 1. The molecule has 0 spiro atoms. The Bertz CT molecular complexity index is 925. The molecule has 0 fully saturated rings. The summed E-state index contributed by atoms with van der Waals surface area (Å²) in [6.07, 6.45) is 0.531. The minimum Gasteiger partial charge on any atom is -0.481 e. The van der Waals surface area contributed by atoms with Crippen LogP contribution in [0.4, 0.5) is 0 Å². The Hall–Kier alpha value is -3.47. The third-order valence-electron chi connectivity index (χ3n) is 6.53. The molecule has 11 nitrogen and oxygen atoms in total. The van der Waals surface area contributed by atoms with Gasteiger partial charge in [-0.2, -0.15) is 0 Å². The average Bonchev–Trinajstić information content (AvgIpc) is 2.87. The number of hydrogen-bond donors (Lipinski definition) is 6. The number of rotatable bonds is 16. The zero-order chi connectivity index (χ0) is 28.1. The number of carboxylic acids is 2. The van der Waals surface area contributed by atoms with E-state index in [-0.39, 0.29) is 18.8 Å². The highest BCUT2D eigenvalue weighted by Gasteiger charge is 2.32. The van der Waals surface area contributed by atoms with Crippen LogP contribution in [-0.2, 0) is 30.4 Å². The lowest BCUT2D eigenvalue weighted by molar-refractivity contribution is -0.144. The predicted molar refractivity (Wildman–Crippen MR) is 137 cm³/mol. The molecule has 6 atom stereocenters. The van der Waals surface area contributed by atoms with Crippen molar-refractivity contribution in [3.63, 3.8) is 0 Å². The number of amides is 3. The van der Waals surface area contributed by atoms with Gasteiger partial charge in [-0.05, 0) is 23.8 Å². The summed E-state index contributed by atoms with van der Waals surface area (Å²) < 4.78 is 0. The number of aliphatic carboxylic acids is 2. The molecule has 6 unspecified atom stereocenters. The Kier molecular flexibility index (Phi) is 13.3. The van der Waals surface area contributed by atoms with Crippen molar-refractivity contribution in [2.75, 3.05) is 0 Å². The lowest BCUT2D eigenvalue weighted by atomic mass is 9.97. The molecule has 0 saturated carbocycles. The number of nitrogens with one attached hydrogen (secondary N) is 3. The molecule has 11 heteroatoms. The van der Waals surface area contributed by atoms with Crippen LogP contribution in [0.15, 0.2) is 30.3 Å². The van der Waals surface area contributed by atoms with Crippen molar-refractivity contribution in [2.24, 2.45) is 17.6 Å². The molecule has 1 aromatic rings. The number of carbonyl (C=O) groups is 5. The van der Waals surface area contributed by atoms with Gasteiger partial charge in [0.1, 0.15) is 18.1 Å². The number of hydrogen-bond acceptors (Lipinski definition) is 6. The zero-order valence-corrected chi connectivity index (χ0v) is 21.9. The molecule has 0 aliphatic heterocycles. The lowest BCUT2D eigenvalue weighted by Crippen LogP contribution is -2.58. The highest BCUT2D eigenvalue weighted by Crippen LogP contribution is 2.11. The molecule has 0 aliphatic carbocycles. The third-order valence-corrected chi connectivity index (χ3v) is 6.53. The molecule has 0 bridgehead atoms. The van der Waals surface area contributed by atoms with Crippen molar-refractivity contribution in [1.29, 1.82) is 0 Å². The summed E-state index contributed by atoms with van der Waals surface area (Å²) in [7, 11) is 0. The van der Waals surface area contributed by atoms with E-state index in [1.807, 2.05) is 13.8 Å². The van der Waals surface area contributed by atoms with E-state index < -0.39 is 66.2 Å². The van der Waals surface area contributed by atoms with Crippen LogP contribution in [0.25, 0.3) is 0 Å². The van der Waals surface area contributed by atoms with Gasteiger partial charge < -0.3 is 31.9 Å². The van der Waals surface area contributed by atoms with Gasteiger partial charge in [-0.15, -0.1) is 0 Å². The fraction of sp³-hybridized carbons (Fsp3) is 0.577. The van der Waals surface area contributed by atoms with Crippen LogP contribution in [0.1, 0.15) is 58.9 Å². The SMILES string of the molecule is CCC(C)C(N)C(=O)NC(Cc1ccccc1)C(=O)NC(CCC(=O)O)C(=O)NC(C(=O)O)C(C)CC. The van der Waals surface area contributed by atoms with Crippen LogP contribution in [0.2, 0.25) is 0 Å². The molecular weight excluding hydrogens is 480 g/mol. The summed E-state index contributed by atoms with van der Waals surface area (Å²) in [5.74, 6) is -5.01. The molecule has 0 saturated heterocycles. The van der Waals surface area contributed by atoms with Gasteiger partial charge in [0.15, 0.2) is 0 Å². The number of carbonyl (C=O) groups excluding carboxylic acids is 3. The highest BCUT2D eigenvalue weighted by atomic mass is 16.4. The second-order valence-electron chi connectivity index (χ2n) is 9.37. The van der Waals surface area contributed by atoms with E-state index >= 15 is 0 Å². The third kappa shape index (κ3) is 10.6. The molecule has 3 amide bonds. The molecule has 0 radical (unpaired) electrons. The predicted octanol–water partition coefficient (Wildman–Crippen LogP) is 1.05. The maximum Gasteiger partial charge on any atom is 0.326 e. The maximum absolute atomic E-state index is 13.3. The highest BCUT2D eigenvalue weighted by molar-refractivity contribution is 5.94. The summed E-state index contributed by atoms with van der Waals surface area (Å²) in [5, 5.41) is 26.2. The molecule has 1 aromatic carbocycles. The standard InChI is InChI=1S/C26H40N4O7/c1-5-15(3)21(27)25(35)29-19(14-17-10-8-7-9-11-17)24(34)28-18(12-13-20(31)32)23(33)30-22(26(36)37)16(4)6-2/h7-11,15-16,18-19,21-22H,5-6,12-14,27H2,1-4H3,(H,28,34)(H,29,35)(H,30,33)(H,31,32)(H,36,37). The zero-order valence-electron chi connectivity index (χ0n) is 21.9. The molecule has 0 aliphatic rings. The summed E-state index contributed by atoms with van der Waals surface area (Å²) in [5.41, 5.74) is 6.78. The average molecular weight is 521 g/mol. The van der Waals surface area contributed by atoms with Gasteiger partial charge in [-0.1, -0.05) is 70.9 Å². The van der Waals surface area contributed by atoms with Crippen molar-refractivity contribution < 1.29 is 34.2 Å². The Balaban J connectivity index is 3.17. The van der Waals surface area contributed by atoms with Gasteiger partial charge in [0, 0.05) is 12.8 Å². The van der Waals surface area contributed by atoms with E-state index in [2.05, 4.69) is 16.0 Å². The molecule has 1 rings (SSSR count). The first-order chi connectivity index (χ1) is 17.4. The van der Waals surface area contributed by atoms with Crippen LogP contribution in [0, 0.1) is 11.8 Å². The first-order valence-corrected chi connectivity index (χ1v) is 12.6. The van der Waals surface area contributed by atoms with Gasteiger partial charge in [-0.3, -0.25) is 19.2 Å². The summed E-state index contributed by atoms with van der Waals surface area (Å²) in [6.45, 7) is 7.15. The smallest absolute Gasteiger partial charge is 0.326 e. The van der Waals surface area contributed by atoms with E-state index in [1.54, 1.807) is 44.2 Å². The van der Waals surface area contributed by atoms with Crippen LogP contribution in [0.5, 0.6) is 0 Å². The molecule has 0 aromatic heterocycles. The fourth-order valence-corrected chi connectivity index (χ4v) is 3.59. The van der Waals surface area contributed by atoms with E-state index in [9.17, 15) is 29.1 Å². The monoisotopic (exact) mass is 520 g/mol. The molecule has 7 N–H and O–H groups in total. The quantitative estimate of drug-likeness (QED) is 0.186. The van der Waals surface area contributed by atoms with Gasteiger partial charge in [0.05, 0.1) is 6.04 Å². The molecule has 0 heterocycles. The van der Waals surface area contributed by atoms with E-state index in [0.717, 1.165) is 5.56 Å². The Morgan fingerprint density at radius 2 is 1.35 bits per heavy atom. The first-order valence-electron chi connectivity index (χ1n) is 12.6. The fourth-order valence-electron chi connectivity index (χ4n) is 3.59. The Morgan fingerprint density at radius 3 is 1.86 bits per heavy atom. The molecule has 37 heavy (non-hydrogen) atoms. The van der Waals surface area contributed by atoms with Crippen molar-refractivity contribution in [2.45, 2.75) is 84.0 Å². The van der Waals surface area contributed by atoms with Crippen LogP contribution in [-0.4, -0.2) is 64.0 Å². The largest absolute Gasteiger partial charge is 0.481 e. The minimum absolute atomic E-state index is 0.101. The van der Waals surface area contributed by atoms with Gasteiger partial charge >= 0.3 is 11.9 Å². The van der Waals surface area contributed by atoms with Crippen molar-refractivity contribution >= 4 is 29.7 Å². The van der Waals surface area contributed by atoms with Crippen LogP contribution < -0.4 is 21.7 Å². The normalized spacial score (nSPS) is 15.8. The summed E-state index contributed by atoms with van der Waals surface area (Å²) in [4.78, 5) is 61.9. The number of benzene rings is 1. The van der Waals surface area contributed by atoms with Crippen molar-refractivity contribution in [1.82, 2.24) is 16.0 Å². The van der Waals surface area contributed by atoms with Gasteiger partial charge in [0.2, 0.25) is 17.7 Å². The van der Waals surface area contributed by atoms with Gasteiger partial charge in [-0.25, -0.2) is 4.79 Å². The van der Waals surface area contributed by atoms with Crippen LogP contribution in [0.3, 0.4) is 0 Å². The maximum atomic E-state index is 13.3. The van der Waals surface area contributed by atoms with E-state index in [0.29, 0.717) is 12.8 Å². The summed E-state index contributed by atoms with van der Waals surface area (Å²) in [6, 6.07) is 4.42. The number of carboxylic acid groups (broad SMARTS) is 2. The minimum atomic E-state index is -1.33. The van der Waals surface area contributed by atoms with Crippen LogP contribution >= 0.6 is 0 Å². The topological polar surface area (TPSA) is 188 Å². The second kappa shape index (κ2) is 15.6. The van der Waals surface area contributed by atoms with Gasteiger partial charge in [0.25, 0.3) is 0 Å². The first kappa shape index (κ1) is 31.6. The van der Waals surface area contributed by atoms with Crippen molar-refractivity contribution in [3.05, 3.63) is 35.9 Å². The molecule has 206 valence electrons. The van der Waals surface area contributed by atoms with E-state index in [1.165, 1.54) is 0 Å².